The molecular formula is C43H76N12O14. The van der Waals surface area contributed by atoms with Gasteiger partial charge in [-0.15, -0.1) is 0 Å². The van der Waals surface area contributed by atoms with E-state index in [2.05, 4.69) is 58.2 Å². The van der Waals surface area contributed by atoms with Crippen LogP contribution in [0.5, 0.6) is 0 Å². The topological polar surface area (TPSA) is 358 Å². The van der Waals surface area contributed by atoms with Crippen LogP contribution in [0.3, 0.4) is 0 Å². The molecule has 2 rings (SSSR count). The lowest BCUT2D eigenvalue weighted by atomic mass is 10.0. The summed E-state index contributed by atoms with van der Waals surface area (Å²) >= 11 is 0. The van der Waals surface area contributed by atoms with E-state index in [0.29, 0.717) is 0 Å². The van der Waals surface area contributed by atoms with E-state index in [9.17, 15) is 43.2 Å². The van der Waals surface area contributed by atoms with Crippen molar-refractivity contribution >= 4 is 59.7 Å². The molecule has 12 N–H and O–H groups in total. The fourth-order valence-electron chi connectivity index (χ4n) is 6.48. The van der Waals surface area contributed by atoms with Gasteiger partial charge in [0.25, 0.3) is 0 Å². The maximum atomic E-state index is 14.4. The molecule has 0 aromatic rings. The second-order valence-electron chi connectivity index (χ2n) is 19.2. The molecule has 69 heavy (non-hydrogen) atoms. The average molecular weight is 985 g/mol. The van der Waals surface area contributed by atoms with Crippen LogP contribution in [0.2, 0.25) is 0 Å². The molecule has 0 spiro atoms. The number of rotatable bonds is 16. The highest BCUT2D eigenvalue weighted by atomic mass is 16.7. The molecule has 392 valence electrons. The third-order valence-corrected chi connectivity index (χ3v) is 9.48. The SMILES string of the molecule is CCOC(OCC)C1NC(=O)[C@H](CNC(=O)C[C@H](CCCNC(=O)OC(C)(C)C)NC(=O)OC(C)(C)C)NC(=O)[C@H](C)NC(=O)[C@@H](NC(=O)OC(C)(C)C)CNC(=O)C([C@H]2CCN=C(N)N2)NC1=O. The van der Waals surface area contributed by atoms with Crippen molar-refractivity contribution in [1.29, 1.82) is 0 Å². The Kier molecular flexibility index (Phi) is 23.2. The summed E-state index contributed by atoms with van der Waals surface area (Å²) in [4.78, 5) is 126. The maximum absolute atomic E-state index is 14.4. The molecular weight excluding hydrogens is 909 g/mol. The van der Waals surface area contributed by atoms with Crippen LogP contribution in [0, 0.1) is 0 Å². The summed E-state index contributed by atoms with van der Waals surface area (Å²) in [5.74, 6) is -5.46. The zero-order valence-electron chi connectivity index (χ0n) is 41.9. The second-order valence-corrected chi connectivity index (χ2v) is 19.2. The first kappa shape index (κ1) is 58.9. The highest BCUT2D eigenvalue weighted by Gasteiger charge is 2.40. The number of hydrogen-bond donors (Lipinski definition) is 11. The zero-order valence-corrected chi connectivity index (χ0v) is 41.9. The van der Waals surface area contributed by atoms with Crippen LogP contribution >= 0.6 is 0 Å². The van der Waals surface area contributed by atoms with Gasteiger partial charge in [-0.25, -0.2) is 14.4 Å². The summed E-state index contributed by atoms with van der Waals surface area (Å²) < 4.78 is 27.5. The minimum absolute atomic E-state index is 0.000441. The summed E-state index contributed by atoms with van der Waals surface area (Å²) in [6.07, 6.45) is -3.65. The lowest BCUT2D eigenvalue weighted by Gasteiger charge is -2.34. The molecule has 0 aromatic carbocycles. The van der Waals surface area contributed by atoms with E-state index in [-0.39, 0.29) is 57.9 Å². The van der Waals surface area contributed by atoms with Crippen molar-refractivity contribution in [2.24, 2.45) is 10.7 Å². The van der Waals surface area contributed by atoms with Crippen molar-refractivity contribution in [2.45, 2.75) is 174 Å². The predicted octanol–water partition coefficient (Wildman–Crippen LogP) is -1.25. The van der Waals surface area contributed by atoms with Gasteiger partial charge in [-0.3, -0.25) is 33.8 Å². The Morgan fingerprint density at radius 1 is 0.725 bits per heavy atom. The Morgan fingerprint density at radius 2 is 1.32 bits per heavy atom. The Hall–Kier alpha value is -6.18. The van der Waals surface area contributed by atoms with E-state index in [1.807, 2.05) is 0 Å². The number of alkyl carbamates (subject to hydrolysis) is 3. The van der Waals surface area contributed by atoms with Gasteiger partial charge in [-0.2, -0.15) is 0 Å². The smallest absolute Gasteiger partial charge is 0.408 e. The molecule has 0 bridgehead atoms. The fourth-order valence-corrected chi connectivity index (χ4v) is 6.48. The highest BCUT2D eigenvalue weighted by Crippen LogP contribution is 2.13. The fraction of sp³-hybridized carbons (Fsp3) is 0.767. The van der Waals surface area contributed by atoms with E-state index in [4.69, 9.17) is 29.4 Å². The molecule has 0 saturated carbocycles. The Labute approximate surface area is 403 Å². The monoisotopic (exact) mass is 985 g/mol. The number of carbonyl (C=O) groups is 9. The number of nitrogens with zero attached hydrogens (tertiary/aromatic N) is 1. The summed E-state index contributed by atoms with van der Waals surface area (Å²) in [6, 6.07) is -9.48. The van der Waals surface area contributed by atoms with Crippen LogP contribution in [0.15, 0.2) is 4.99 Å². The van der Waals surface area contributed by atoms with Crippen LogP contribution < -0.4 is 58.9 Å². The van der Waals surface area contributed by atoms with Crippen LogP contribution in [0.1, 0.15) is 109 Å². The first-order chi connectivity index (χ1) is 32.0. The summed E-state index contributed by atoms with van der Waals surface area (Å²) in [7, 11) is 0. The van der Waals surface area contributed by atoms with Crippen LogP contribution in [0.4, 0.5) is 14.4 Å². The average Bonchev–Trinajstić information content (AvgIpc) is 3.20. The van der Waals surface area contributed by atoms with Gasteiger partial charge < -0.3 is 82.6 Å². The van der Waals surface area contributed by atoms with Gasteiger partial charge in [-0.1, -0.05) is 0 Å². The number of ether oxygens (including phenoxy) is 5. The molecule has 2 aliphatic rings. The summed E-state index contributed by atoms with van der Waals surface area (Å²) in [6.45, 7) is 18.6. The van der Waals surface area contributed by atoms with Gasteiger partial charge in [0.2, 0.25) is 35.4 Å². The van der Waals surface area contributed by atoms with Crippen molar-refractivity contribution in [3.63, 3.8) is 0 Å². The molecule has 0 aliphatic carbocycles. The Bertz CT molecular complexity index is 1820. The van der Waals surface area contributed by atoms with E-state index in [0.717, 1.165) is 0 Å². The van der Waals surface area contributed by atoms with E-state index >= 15 is 0 Å². The molecule has 1 fully saturated rings. The quantitative estimate of drug-likeness (QED) is 0.0489. The van der Waals surface area contributed by atoms with Crippen LogP contribution in [0.25, 0.3) is 0 Å². The predicted molar refractivity (Wildman–Crippen MR) is 249 cm³/mol. The van der Waals surface area contributed by atoms with Crippen molar-refractivity contribution < 1.29 is 66.8 Å². The molecule has 2 unspecified atom stereocenters. The Morgan fingerprint density at radius 3 is 1.90 bits per heavy atom. The van der Waals surface area contributed by atoms with E-state index in [1.54, 1.807) is 76.2 Å². The number of nitrogens with one attached hydrogen (secondary N) is 10. The van der Waals surface area contributed by atoms with Gasteiger partial charge in [0.05, 0.1) is 6.04 Å². The first-order valence-corrected chi connectivity index (χ1v) is 23.0. The second kappa shape index (κ2) is 27.1. The van der Waals surface area contributed by atoms with E-state index in [1.165, 1.54) is 6.92 Å². The van der Waals surface area contributed by atoms with Crippen molar-refractivity contribution in [1.82, 2.24) is 53.2 Å². The van der Waals surface area contributed by atoms with Gasteiger partial charge in [0, 0.05) is 51.9 Å². The molecule has 26 nitrogen and oxygen atoms in total. The molecule has 2 aliphatic heterocycles. The number of amides is 9. The third-order valence-electron chi connectivity index (χ3n) is 9.48. The van der Waals surface area contributed by atoms with Crippen LogP contribution in [-0.2, 0) is 52.5 Å². The van der Waals surface area contributed by atoms with Gasteiger partial charge in [0.1, 0.15) is 41.0 Å². The minimum atomic E-state index is -1.69. The largest absolute Gasteiger partial charge is 0.444 e. The lowest BCUT2D eigenvalue weighted by Crippen LogP contribution is -2.67. The number of hydrogen-bond acceptors (Lipinski definition) is 17. The number of nitrogens with two attached hydrogens (primary N) is 1. The highest BCUT2D eigenvalue weighted by molar-refractivity contribution is 5.97. The third kappa shape index (κ3) is 23.1. The van der Waals surface area contributed by atoms with Gasteiger partial charge >= 0.3 is 18.3 Å². The van der Waals surface area contributed by atoms with Crippen LogP contribution in [-0.4, -0.2) is 164 Å². The lowest BCUT2D eigenvalue weighted by molar-refractivity contribution is -0.169. The number of aliphatic imine (C=N–C) groups is 1. The van der Waals surface area contributed by atoms with Crippen molar-refractivity contribution in [3.8, 4) is 0 Å². The normalized spacial score (nSPS) is 22.7. The van der Waals surface area contributed by atoms with Gasteiger partial charge in [0.15, 0.2) is 18.3 Å². The summed E-state index contributed by atoms with van der Waals surface area (Å²) in [5, 5.41) is 25.8. The molecule has 9 amide bonds. The summed E-state index contributed by atoms with van der Waals surface area (Å²) in [5.41, 5.74) is 3.36. The first-order valence-electron chi connectivity index (χ1n) is 23.0. The Balaban J connectivity index is 2.56. The number of guanidine groups is 1. The number of carbonyl (C=O) groups excluding carboxylic acids is 9. The molecule has 0 aromatic heterocycles. The van der Waals surface area contributed by atoms with Crippen molar-refractivity contribution in [2.75, 3.05) is 39.4 Å². The molecule has 26 heteroatoms. The molecule has 7 atom stereocenters. The molecule has 1 saturated heterocycles. The molecule has 0 radical (unpaired) electrons. The zero-order chi connectivity index (χ0) is 52.3. The minimum Gasteiger partial charge on any atom is -0.444 e. The standard InChI is InChI=1S/C43H76N12O14/c1-13-65-36(66-14-2)30-35(61)54-29(25-17-19-45-37(44)52-25)34(60)48-22-27(53-40(64)69-43(10,11)12)32(58)49-23(3)31(57)51-26(33(59)55-30)21-47-28(56)20-24(50-39(63)68-42(7,8)9)16-15-18-46-38(62)67-41(4,5)6/h23-27,29-30,36H,13-22H2,1-12H3,(H,46,62)(H,47,56)(H,48,60)(H,49,58)(H,50,63)(H,51,57)(H,53,64)(H,54,61)(H,55,59)(H3,44,45,52)/t23-,24-,25+,26-,27-,29?,30?/m0/s1. The maximum Gasteiger partial charge on any atom is 0.408 e. The van der Waals surface area contributed by atoms with Crippen molar-refractivity contribution in [3.05, 3.63) is 0 Å². The van der Waals surface area contributed by atoms with Gasteiger partial charge in [-0.05, 0) is 102 Å². The molecule has 2 heterocycles. The van der Waals surface area contributed by atoms with E-state index < -0.39 is 132 Å².